The van der Waals surface area contributed by atoms with Gasteiger partial charge in [-0.3, -0.25) is 4.90 Å². The van der Waals surface area contributed by atoms with Crippen LogP contribution in [0.1, 0.15) is 58.8 Å². The number of nitrogens with two attached hydrogens (primary N) is 1. The number of piperidine rings is 1. The zero-order valence-electron chi connectivity index (χ0n) is 11.7. The van der Waals surface area contributed by atoms with Crippen molar-refractivity contribution in [2.24, 2.45) is 17.6 Å². The van der Waals surface area contributed by atoms with Crippen molar-refractivity contribution in [1.82, 2.24) is 4.90 Å². The van der Waals surface area contributed by atoms with E-state index in [4.69, 9.17) is 5.73 Å². The molecule has 2 fully saturated rings. The minimum Gasteiger partial charge on any atom is -0.327 e. The maximum atomic E-state index is 6.13. The SMILES string of the molecule is CCC(C1CCCCC1)N1CCC(N)C(C)C1. The Kier molecular flexibility index (Phi) is 4.87. The highest BCUT2D eigenvalue weighted by molar-refractivity contribution is 4.87. The summed E-state index contributed by atoms with van der Waals surface area (Å²) in [6.45, 7) is 7.17. The van der Waals surface area contributed by atoms with E-state index in [1.54, 1.807) is 0 Å². The Balaban J connectivity index is 1.93. The van der Waals surface area contributed by atoms with Gasteiger partial charge < -0.3 is 5.73 Å². The summed E-state index contributed by atoms with van der Waals surface area (Å²) in [5.74, 6) is 1.65. The van der Waals surface area contributed by atoms with E-state index < -0.39 is 0 Å². The summed E-state index contributed by atoms with van der Waals surface area (Å²) < 4.78 is 0. The van der Waals surface area contributed by atoms with Crippen LogP contribution in [0.25, 0.3) is 0 Å². The lowest BCUT2D eigenvalue weighted by atomic mass is 9.81. The lowest BCUT2D eigenvalue weighted by Gasteiger charge is -2.43. The van der Waals surface area contributed by atoms with E-state index in [1.807, 2.05) is 0 Å². The molecule has 3 atom stereocenters. The van der Waals surface area contributed by atoms with Gasteiger partial charge in [-0.05, 0) is 44.1 Å². The Morgan fingerprint density at radius 3 is 2.47 bits per heavy atom. The fraction of sp³-hybridized carbons (Fsp3) is 1.00. The van der Waals surface area contributed by atoms with Gasteiger partial charge in [-0.1, -0.05) is 33.1 Å². The van der Waals surface area contributed by atoms with Crippen molar-refractivity contribution in [3.63, 3.8) is 0 Å². The third-order valence-electron chi connectivity index (χ3n) is 5.08. The Hall–Kier alpha value is -0.0800. The second kappa shape index (κ2) is 6.19. The molecule has 2 aliphatic rings. The van der Waals surface area contributed by atoms with Gasteiger partial charge in [0.1, 0.15) is 0 Å². The molecule has 2 rings (SSSR count). The van der Waals surface area contributed by atoms with Crippen LogP contribution in [0, 0.1) is 11.8 Å². The first-order valence-electron chi connectivity index (χ1n) is 7.72. The summed E-state index contributed by atoms with van der Waals surface area (Å²) in [5.41, 5.74) is 6.13. The summed E-state index contributed by atoms with van der Waals surface area (Å²) in [7, 11) is 0. The van der Waals surface area contributed by atoms with Crippen LogP contribution in [-0.4, -0.2) is 30.1 Å². The van der Waals surface area contributed by atoms with Crippen molar-refractivity contribution in [2.45, 2.75) is 70.9 Å². The minimum absolute atomic E-state index is 0.440. The molecule has 2 nitrogen and oxygen atoms in total. The zero-order valence-corrected chi connectivity index (χ0v) is 11.7. The molecular weight excluding hydrogens is 208 g/mol. The van der Waals surface area contributed by atoms with Crippen molar-refractivity contribution in [1.29, 1.82) is 0 Å². The predicted octanol–water partition coefficient (Wildman–Crippen LogP) is 3.01. The van der Waals surface area contributed by atoms with Gasteiger partial charge in [0.15, 0.2) is 0 Å². The van der Waals surface area contributed by atoms with Crippen LogP contribution in [0.5, 0.6) is 0 Å². The molecule has 100 valence electrons. The summed E-state index contributed by atoms with van der Waals surface area (Å²) in [5, 5.41) is 0. The summed E-state index contributed by atoms with van der Waals surface area (Å²) in [6.07, 6.45) is 9.85. The summed E-state index contributed by atoms with van der Waals surface area (Å²) in [6, 6.07) is 1.28. The van der Waals surface area contributed by atoms with Gasteiger partial charge in [-0.15, -0.1) is 0 Å². The first-order valence-corrected chi connectivity index (χ1v) is 7.72. The first-order chi connectivity index (χ1) is 8.22. The van der Waals surface area contributed by atoms with Crippen LogP contribution in [-0.2, 0) is 0 Å². The molecule has 2 N–H and O–H groups in total. The third-order valence-corrected chi connectivity index (χ3v) is 5.08. The number of rotatable bonds is 3. The minimum atomic E-state index is 0.440. The molecular formula is C15H30N2. The van der Waals surface area contributed by atoms with Crippen LogP contribution in [0.3, 0.4) is 0 Å². The fourth-order valence-electron chi connectivity index (χ4n) is 3.91. The molecule has 0 aromatic carbocycles. The monoisotopic (exact) mass is 238 g/mol. The Labute approximate surface area is 107 Å². The van der Waals surface area contributed by atoms with E-state index in [-0.39, 0.29) is 0 Å². The predicted molar refractivity (Wildman–Crippen MR) is 74.0 cm³/mol. The molecule has 0 bridgehead atoms. The van der Waals surface area contributed by atoms with E-state index in [0.29, 0.717) is 12.0 Å². The van der Waals surface area contributed by atoms with Crippen LogP contribution in [0.15, 0.2) is 0 Å². The highest BCUT2D eigenvalue weighted by atomic mass is 15.2. The van der Waals surface area contributed by atoms with Crippen molar-refractivity contribution in [3.05, 3.63) is 0 Å². The van der Waals surface area contributed by atoms with Gasteiger partial charge in [0, 0.05) is 18.6 Å². The zero-order chi connectivity index (χ0) is 12.3. The maximum absolute atomic E-state index is 6.13. The average Bonchev–Trinajstić information content (AvgIpc) is 2.36. The van der Waals surface area contributed by atoms with E-state index >= 15 is 0 Å². The van der Waals surface area contributed by atoms with Crippen molar-refractivity contribution >= 4 is 0 Å². The molecule has 1 saturated heterocycles. The highest BCUT2D eigenvalue weighted by Gasteiger charge is 2.31. The Morgan fingerprint density at radius 2 is 1.88 bits per heavy atom. The van der Waals surface area contributed by atoms with Gasteiger partial charge in [0.25, 0.3) is 0 Å². The molecule has 1 saturated carbocycles. The molecule has 0 aromatic rings. The van der Waals surface area contributed by atoms with Crippen LogP contribution in [0.4, 0.5) is 0 Å². The number of hydrogen-bond acceptors (Lipinski definition) is 2. The first kappa shape index (κ1) is 13.4. The van der Waals surface area contributed by atoms with Crippen molar-refractivity contribution < 1.29 is 0 Å². The van der Waals surface area contributed by atoms with Crippen LogP contribution >= 0.6 is 0 Å². The second-order valence-corrected chi connectivity index (χ2v) is 6.30. The maximum Gasteiger partial charge on any atom is 0.0121 e. The standard InChI is InChI=1S/C15H30N2/c1-3-15(13-7-5-4-6-8-13)17-10-9-14(16)12(2)11-17/h12-15H,3-11,16H2,1-2H3. The van der Waals surface area contributed by atoms with Crippen LogP contribution in [0.2, 0.25) is 0 Å². The van der Waals surface area contributed by atoms with Gasteiger partial charge in [0.05, 0.1) is 0 Å². The number of likely N-dealkylation sites (tertiary alicyclic amines) is 1. The number of hydrogen-bond donors (Lipinski definition) is 1. The van der Waals surface area contributed by atoms with Crippen molar-refractivity contribution in [3.8, 4) is 0 Å². The van der Waals surface area contributed by atoms with E-state index in [1.165, 1.54) is 58.0 Å². The lowest BCUT2D eigenvalue weighted by molar-refractivity contribution is 0.0654. The number of nitrogens with zero attached hydrogens (tertiary/aromatic N) is 1. The van der Waals surface area contributed by atoms with E-state index in [2.05, 4.69) is 18.7 Å². The Morgan fingerprint density at radius 1 is 1.18 bits per heavy atom. The topological polar surface area (TPSA) is 29.3 Å². The van der Waals surface area contributed by atoms with E-state index in [9.17, 15) is 0 Å². The van der Waals surface area contributed by atoms with Crippen molar-refractivity contribution in [2.75, 3.05) is 13.1 Å². The molecule has 1 aliphatic carbocycles. The van der Waals surface area contributed by atoms with E-state index in [0.717, 1.165) is 12.0 Å². The highest BCUT2D eigenvalue weighted by Crippen LogP contribution is 2.32. The quantitative estimate of drug-likeness (QED) is 0.819. The molecule has 17 heavy (non-hydrogen) atoms. The normalized spacial score (nSPS) is 34.8. The van der Waals surface area contributed by atoms with Gasteiger partial charge in [0.2, 0.25) is 0 Å². The van der Waals surface area contributed by atoms with Crippen LogP contribution < -0.4 is 5.73 Å². The Bertz CT molecular complexity index is 223. The fourth-order valence-corrected chi connectivity index (χ4v) is 3.91. The molecule has 1 heterocycles. The summed E-state index contributed by atoms with van der Waals surface area (Å²) >= 11 is 0. The molecule has 2 heteroatoms. The molecule has 0 spiro atoms. The second-order valence-electron chi connectivity index (χ2n) is 6.30. The molecule has 3 unspecified atom stereocenters. The average molecular weight is 238 g/mol. The third kappa shape index (κ3) is 3.23. The molecule has 0 amide bonds. The van der Waals surface area contributed by atoms with Gasteiger partial charge >= 0.3 is 0 Å². The van der Waals surface area contributed by atoms with Gasteiger partial charge in [-0.25, -0.2) is 0 Å². The smallest absolute Gasteiger partial charge is 0.0121 e. The molecule has 1 aliphatic heterocycles. The largest absolute Gasteiger partial charge is 0.327 e. The summed E-state index contributed by atoms with van der Waals surface area (Å²) in [4.78, 5) is 2.75. The molecule has 0 radical (unpaired) electrons. The molecule has 0 aromatic heterocycles. The van der Waals surface area contributed by atoms with Gasteiger partial charge in [-0.2, -0.15) is 0 Å². The lowest BCUT2D eigenvalue weighted by Crippen LogP contribution is -2.51.